The number of aromatic nitrogens is 2. The second-order valence-electron chi connectivity index (χ2n) is 3.34. The number of thiocarbonyl (C=S) groups is 1. The van der Waals surface area contributed by atoms with E-state index in [4.69, 9.17) is 18.0 Å². The van der Waals surface area contributed by atoms with Crippen molar-refractivity contribution in [2.24, 2.45) is 12.8 Å². The van der Waals surface area contributed by atoms with Crippen molar-refractivity contribution in [3.63, 3.8) is 0 Å². The fourth-order valence-electron chi connectivity index (χ4n) is 1.16. The maximum absolute atomic E-state index is 12.0. The first-order chi connectivity index (χ1) is 7.35. The minimum Gasteiger partial charge on any atom is -0.393 e. The highest BCUT2D eigenvalue weighted by Gasteiger charge is 2.23. The van der Waals surface area contributed by atoms with E-state index < -0.39 is 10.0 Å². The molecule has 2 N–H and O–H groups in total. The van der Waals surface area contributed by atoms with Crippen LogP contribution in [0.2, 0.25) is 0 Å². The molecule has 0 unspecified atom stereocenters. The average Bonchev–Trinajstić information content (AvgIpc) is 2.61. The average molecular weight is 262 g/mol. The normalized spacial score (nSPS) is 11.9. The summed E-state index contributed by atoms with van der Waals surface area (Å²) in [6.45, 7) is 0.267. The van der Waals surface area contributed by atoms with E-state index in [1.165, 1.54) is 28.3 Å². The summed E-state index contributed by atoms with van der Waals surface area (Å²) in [6.07, 6.45) is 1.80. The molecule has 0 saturated carbocycles. The van der Waals surface area contributed by atoms with Gasteiger partial charge in [-0.2, -0.15) is 9.40 Å². The second-order valence-corrected chi connectivity index (χ2v) is 5.85. The molecule has 1 rings (SSSR count). The molecule has 1 heterocycles. The highest BCUT2D eigenvalue weighted by atomic mass is 32.2. The van der Waals surface area contributed by atoms with Crippen molar-refractivity contribution in [2.75, 3.05) is 13.6 Å². The molecule has 8 heteroatoms. The molecular weight excluding hydrogens is 248 g/mol. The Hall–Kier alpha value is -0.990. The van der Waals surface area contributed by atoms with Gasteiger partial charge in [-0.15, -0.1) is 0 Å². The summed E-state index contributed by atoms with van der Waals surface area (Å²) in [4.78, 5) is 0.298. The van der Waals surface area contributed by atoms with Gasteiger partial charge in [0.1, 0.15) is 0 Å². The second kappa shape index (κ2) is 4.89. The molecule has 0 bridgehead atoms. The van der Waals surface area contributed by atoms with Crippen LogP contribution in [0, 0.1) is 0 Å². The van der Waals surface area contributed by atoms with Gasteiger partial charge in [-0.05, 0) is 6.07 Å². The van der Waals surface area contributed by atoms with E-state index in [9.17, 15) is 8.42 Å². The van der Waals surface area contributed by atoms with E-state index in [2.05, 4.69) is 5.10 Å². The van der Waals surface area contributed by atoms with Crippen LogP contribution in [-0.4, -0.2) is 41.1 Å². The van der Waals surface area contributed by atoms with Gasteiger partial charge in [0.2, 0.25) is 0 Å². The number of hydrogen-bond donors (Lipinski definition) is 1. The molecule has 0 aromatic carbocycles. The predicted molar refractivity (Wildman–Crippen MR) is 64.4 cm³/mol. The van der Waals surface area contributed by atoms with Crippen LogP contribution >= 0.6 is 12.2 Å². The van der Waals surface area contributed by atoms with E-state index in [0.29, 0.717) is 11.4 Å². The van der Waals surface area contributed by atoms with Gasteiger partial charge in [-0.3, -0.25) is 4.68 Å². The zero-order valence-electron chi connectivity index (χ0n) is 9.12. The number of nitrogens with zero attached hydrogens (tertiary/aromatic N) is 3. The van der Waals surface area contributed by atoms with Crippen LogP contribution in [0.4, 0.5) is 0 Å². The van der Waals surface area contributed by atoms with E-state index >= 15 is 0 Å². The first-order valence-electron chi connectivity index (χ1n) is 4.58. The van der Waals surface area contributed by atoms with Crippen molar-refractivity contribution in [1.82, 2.24) is 14.1 Å². The Bertz CT molecular complexity index is 480. The smallest absolute Gasteiger partial charge is 0.259 e. The van der Waals surface area contributed by atoms with Crippen molar-refractivity contribution in [3.8, 4) is 0 Å². The minimum atomic E-state index is -3.50. The van der Waals surface area contributed by atoms with Gasteiger partial charge >= 0.3 is 0 Å². The highest BCUT2D eigenvalue weighted by molar-refractivity contribution is 7.89. The van der Waals surface area contributed by atoms with Crippen LogP contribution in [0.3, 0.4) is 0 Å². The molecule has 0 saturated heterocycles. The van der Waals surface area contributed by atoms with Crippen LogP contribution in [0.5, 0.6) is 0 Å². The molecule has 0 amide bonds. The first kappa shape index (κ1) is 13.1. The third kappa shape index (κ3) is 2.77. The van der Waals surface area contributed by atoms with Crippen LogP contribution in [0.15, 0.2) is 17.3 Å². The molecule has 0 fully saturated rings. The SMILES string of the molecule is CN(CCC(N)=S)S(=O)(=O)c1ccnn1C. The molecule has 90 valence electrons. The van der Waals surface area contributed by atoms with Gasteiger partial charge in [0.15, 0.2) is 5.03 Å². The Kier molecular flexibility index (Phi) is 4.00. The van der Waals surface area contributed by atoms with Crippen LogP contribution in [0.25, 0.3) is 0 Å². The summed E-state index contributed by atoms with van der Waals surface area (Å²) in [5.41, 5.74) is 5.33. The van der Waals surface area contributed by atoms with Crippen molar-refractivity contribution >= 4 is 27.2 Å². The van der Waals surface area contributed by atoms with Crippen molar-refractivity contribution in [1.29, 1.82) is 0 Å². The van der Waals surface area contributed by atoms with E-state index in [1.807, 2.05) is 0 Å². The minimum absolute atomic E-state index is 0.151. The number of sulfonamides is 1. The van der Waals surface area contributed by atoms with Crippen LogP contribution < -0.4 is 5.73 Å². The van der Waals surface area contributed by atoms with E-state index in [-0.39, 0.29) is 11.6 Å². The molecule has 1 aromatic heterocycles. The largest absolute Gasteiger partial charge is 0.393 e. The number of nitrogens with two attached hydrogens (primary N) is 1. The first-order valence-corrected chi connectivity index (χ1v) is 6.43. The lowest BCUT2D eigenvalue weighted by Crippen LogP contribution is -2.31. The maximum atomic E-state index is 12.0. The summed E-state index contributed by atoms with van der Waals surface area (Å²) in [5.74, 6) is 0. The fraction of sp³-hybridized carbons (Fsp3) is 0.500. The van der Waals surface area contributed by atoms with Crippen molar-refractivity contribution < 1.29 is 8.42 Å². The Labute approximate surface area is 100 Å². The molecule has 1 aromatic rings. The number of hydrogen-bond acceptors (Lipinski definition) is 4. The molecule has 0 aliphatic rings. The van der Waals surface area contributed by atoms with E-state index in [0.717, 1.165) is 0 Å². The van der Waals surface area contributed by atoms with Crippen molar-refractivity contribution in [3.05, 3.63) is 12.3 Å². The molecule has 6 nitrogen and oxygen atoms in total. The topological polar surface area (TPSA) is 81.2 Å². The molecule has 0 atom stereocenters. The zero-order chi connectivity index (χ0) is 12.3. The van der Waals surface area contributed by atoms with Crippen LogP contribution in [-0.2, 0) is 17.1 Å². The lowest BCUT2D eigenvalue weighted by molar-refractivity contribution is 0.468. The maximum Gasteiger partial charge on any atom is 0.259 e. The molecule has 0 aliphatic carbocycles. The highest BCUT2D eigenvalue weighted by Crippen LogP contribution is 2.12. The molecule has 16 heavy (non-hydrogen) atoms. The summed E-state index contributed by atoms with van der Waals surface area (Å²) >= 11 is 4.70. The van der Waals surface area contributed by atoms with Gasteiger partial charge in [0, 0.05) is 27.1 Å². The van der Waals surface area contributed by atoms with Gasteiger partial charge in [0.25, 0.3) is 10.0 Å². The van der Waals surface area contributed by atoms with E-state index in [1.54, 1.807) is 7.05 Å². The summed E-state index contributed by atoms with van der Waals surface area (Å²) in [7, 11) is -0.439. The lowest BCUT2D eigenvalue weighted by Gasteiger charge is -2.16. The third-order valence-electron chi connectivity index (χ3n) is 2.12. The quantitative estimate of drug-likeness (QED) is 0.738. The number of aryl methyl sites for hydroxylation is 1. The summed E-state index contributed by atoms with van der Waals surface area (Å²) in [6, 6.07) is 1.45. The van der Waals surface area contributed by atoms with Gasteiger partial charge in [0.05, 0.1) is 11.2 Å². The standard InChI is InChI=1S/C8H14N4O2S2/c1-11(6-4-7(9)15)16(13,14)8-3-5-10-12(8)2/h3,5H,4,6H2,1-2H3,(H2,9,15). The number of rotatable bonds is 5. The monoisotopic (exact) mass is 262 g/mol. The Morgan fingerprint density at radius 2 is 2.31 bits per heavy atom. The molecule has 0 radical (unpaired) electrons. The van der Waals surface area contributed by atoms with Gasteiger partial charge < -0.3 is 5.73 Å². The third-order valence-corrected chi connectivity index (χ3v) is 4.26. The Morgan fingerprint density at radius 3 is 2.75 bits per heavy atom. The van der Waals surface area contributed by atoms with Crippen molar-refractivity contribution in [2.45, 2.75) is 11.4 Å². The lowest BCUT2D eigenvalue weighted by atomic mass is 10.4. The molecule has 0 spiro atoms. The Morgan fingerprint density at radius 1 is 1.69 bits per heavy atom. The van der Waals surface area contributed by atoms with Crippen LogP contribution in [0.1, 0.15) is 6.42 Å². The molecule has 0 aliphatic heterocycles. The zero-order valence-corrected chi connectivity index (χ0v) is 10.8. The Balaban J connectivity index is 2.86. The van der Waals surface area contributed by atoms with Gasteiger partial charge in [-0.1, -0.05) is 12.2 Å². The summed E-state index contributed by atoms with van der Waals surface area (Å²) < 4.78 is 26.5. The predicted octanol–water partition coefficient (Wildman–Crippen LogP) is -0.283. The molecular formula is C8H14N4O2S2. The fourth-order valence-corrected chi connectivity index (χ4v) is 2.52. The summed E-state index contributed by atoms with van der Waals surface area (Å²) in [5, 5.41) is 3.97. The van der Waals surface area contributed by atoms with Gasteiger partial charge in [-0.25, -0.2) is 8.42 Å².